The molecule has 2 aromatic carbocycles. The Morgan fingerprint density at radius 3 is 2.45 bits per heavy atom. The Morgan fingerprint density at radius 1 is 1.15 bits per heavy atom. The van der Waals surface area contributed by atoms with E-state index in [2.05, 4.69) is 37.2 Å². The van der Waals surface area contributed by atoms with Crippen LogP contribution >= 0.6 is 31.9 Å². The third kappa shape index (κ3) is 3.98. The standard InChI is InChI=1S/C14H12Br2N2O2/c15-11-5-2-6-12(16)14(11)18-13(19)8-20-10-4-1-3-9(17)7-10/h1-7H,8,17H2,(H,18,19). The molecule has 0 aliphatic rings. The highest BCUT2D eigenvalue weighted by Gasteiger charge is 2.09. The molecule has 20 heavy (non-hydrogen) atoms. The number of nitrogen functional groups attached to an aromatic ring is 1. The predicted molar refractivity (Wildman–Crippen MR) is 86.8 cm³/mol. The van der Waals surface area contributed by atoms with Crippen LogP contribution in [0.25, 0.3) is 0 Å². The van der Waals surface area contributed by atoms with Crippen LogP contribution in [0.5, 0.6) is 5.75 Å². The van der Waals surface area contributed by atoms with Crippen molar-refractivity contribution in [2.45, 2.75) is 0 Å². The smallest absolute Gasteiger partial charge is 0.262 e. The molecule has 0 aliphatic carbocycles. The Balaban J connectivity index is 1.96. The Kier molecular flexibility index (Phi) is 5.03. The van der Waals surface area contributed by atoms with Crippen molar-refractivity contribution >= 4 is 49.1 Å². The Morgan fingerprint density at radius 2 is 1.80 bits per heavy atom. The van der Waals surface area contributed by atoms with Gasteiger partial charge >= 0.3 is 0 Å². The number of hydrogen-bond acceptors (Lipinski definition) is 3. The van der Waals surface area contributed by atoms with Crippen LogP contribution in [0.2, 0.25) is 0 Å². The highest BCUT2D eigenvalue weighted by atomic mass is 79.9. The molecule has 2 aromatic rings. The minimum Gasteiger partial charge on any atom is -0.484 e. The first-order valence-electron chi connectivity index (χ1n) is 5.78. The number of halogens is 2. The molecule has 1 amide bonds. The zero-order chi connectivity index (χ0) is 14.5. The molecule has 0 fully saturated rings. The van der Waals surface area contributed by atoms with Gasteiger partial charge in [0.05, 0.1) is 5.69 Å². The van der Waals surface area contributed by atoms with Crippen molar-refractivity contribution in [1.29, 1.82) is 0 Å². The number of benzene rings is 2. The molecule has 6 heteroatoms. The minimum absolute atomic E-state index is 0.0861. The zero-order valence-electron chi connectivity index (χ0n) is 10.4. The van der Waals surface area contributed by atoms with Crippen molar-refractivity contribution in [1.82, 2.24) is 0 Å². The Labute approximate surface area is 133 Å². The molecule has 0 saturated heterocycles. The molecule has 0 saturated carbocycles. The molecule has 0 heterocycles. The maximum atomic E-state index is 11.9. The number of amides is 1. The normalized spacial score (nSPS) is 10.1. The maximum absolute atomic E-state index is 11.9. The van der Waals surface area contributed by atoms with Crippen molar-refractivity contribution in [3.05, 3.63) is 51.4 Å². The van der Waals surface area contributed by atoms with E-state index < -0.39 is 0 Å². The van der Waals surface area contributed by atoms with Gasteiger partial charge < -0.3 is 15.8 Å². The van der Waals surface area contributed by atoms with Crippen molar-refractivity contribution in [3.8, 4) is 5.75 Å². The molecule has 0 bridgehead atoms. The average molecular weight is 400 g/mol. The van der Waals surface area contributed by atoms with Crippen LogP contribution in [0.15, 0.2) is 51.4 Å². The molecule has 4 nitrogen and oxygen atoms in total. The summed E-state index contributed by atoms with van der Waals surface area (Å²) in [6.07, 6.45) is 0. The fourth-order valence-electron chi connectivity index (χ4n) is 1.55. The highest BCUT2D eigenvalue weighted by molar-refractivity contribution is 9.11. The van der Waals surface area contributed by atoms with E-state index >= 15 is 0 Å². The molecule has 104 valence electrons. The van der Waals surface area contributed by atoms with E-state index in [1.165, 1.54) is 0 Å². The van der Waals surface area contributed by atoms with E-state index in [9.17, 15) is 4.79 Å². The van der Waals surface area contributed by atoms with E-state index in [0.29, 0.717) is 17.1 Å². The molecular weight excluding hydrogens is 388 g/mol. The van der Waals surface area contributed by atoms with Crippen molar-refractivity contribution in [2.75, 3.05) is 17.7 Å². The maximum Gasteiger partial charge on any atom is 0.262 e. The number of rotatable bonds is 4. The lowest BCUT2D eigenvalue weighted by Crippen LogP contribution is -2.20. The second-order valence-corrected chi connectivity index (χ2v) is 5.71. The van der Waals surface area contributed by atoms with Gasteiger partial charge in [-0.25, -0.2) is 0 Å². The quantitative estimate of drug-likeness (QED) is 0.768. The van der Waals surface area contributed by atoms with Crippen LogP contribution in [0, 0.1) is 0 Å². The van der Waals surface area contributed by atoms with Gasteiger partial charge in [-0.15, -0.1) is 0 Å². The molecule has 0 unspecified atom stereocenters. The van der Waals surface area contributed by atoms with Gasteiger partial charge in [-0.05, 0) is 56.1 Å². The van der Waals surface area contributed by atoms with E-state index in [4.69, 9.17) is 10.5 Å². The van der Waals surface area contributed by atoms with Crippen LogP contribution in [-0.2, 0) is 4.79 Å². The number of hydrogen-bond donors (Lipinski definition) is 2. The first-order chi connectivity index (χ1) is 9.56. The molecular formula is C14H12Br2N2O2. The second-order valence-electron chi connectivity index (χ2n) is 4.01. The van der Waals surface area contributed by atoms with E-state index in [1.807, 2.05) is 18.2 Å². The number of nitrogens with one attached hydrogen (secondary N) is 1. The lowest BCUT2D eigenvalue weighted by atomic mass is 10.3. The van der Waals surface area contributed by atoms with E-state index in [1.54, 1.807) is 24.3 Å². The number of anilines is 2. The Hall–Kier alpha value is -1.53. The number of para-hydroxylation sites is 1. The summed E-state index contributed by atoms with van der Waals surface area (Å²) in [6.45, 7) is -0.0861. The lowest BCUT2D eigenvalue weighted by molar-refractivity contribution is -0.118. The molecule has 0 spiro atoms. The van der Waals surface area contributed by atoms with E-state index in [-0.39, 0.29) is 12.5 Å². The zero-order valence-corrected chi connectivity index (χ0v) is 13.6. The highest BCUT2D eigenvalue weighted by Crippen LogP contribution is 2.30. The van der Waals surface area contributed by atoms with Crippen LogP contribution in [0.4, 0.5) is 11.4 Å². The number of carbonyl (C=O) groups excluding carboxylic acids is 1. The lowest BCUT2D eigenvalue weighted by Gasteiger charge is -2.10. The van der Waals surface area contributed by atoms with Gasteiger partial charge in [0.1, 0.15) is 5.75 Å². The van der Waals surface area contributed by atoms with Crippen molar-refractivity contribution < 1.29 is 9.53 Å². The van der Waals surface area contributed by atoms with Crippen LogP contribution in [0.1, 0.15) is 0 Å². The molecule has 0 aromatic heterocycles. The molecule has 3 N–H and O–H groups in total. The largest absolute Gasteiger partial charge is 0.484 e. The van der Waals surface area contributed by atoms with E-state index in [0.717, 1.165) is 8.95 Å². The van der Waals surface area contributed by atoms with Gasteiger partial charge in [-0.2, -0.15) is 0 Å². The number of nitrogens with two attached hydrogens (primary N) is 1. The summed E-state index contributed by atoms with van der Waals surface area (Å²) in [7, 11) is 0. The monoisotopic (exact) mass is 398 g/mol. The summed E-state index contributed by atoms with van der Waals surface area (Å²) in [4.78, 5) is 11.9. The molecule has 0 aliphatic heterocycles. The van der Waals surface area contributed by atoms with Gasteiger partial charge in [-0.3, -0.25) is 4.79 Å². The average Bonchev–Trinajstić information content (AvgIpc) is 2.41. The summed E-state index contributed by atoms with van der Waals surface area (Å²) in [5.74, 6) is 0.311. The Bertz CT molecular complexity index is 612. The topological polar surface area (TPSA) is 64.3 Å². The van der Waals surface area contributed by atoms with Gasteiger partial charge in [0.15, 0.2) is 6.61 Å². The SMILES string of the molecule is Nc1cccc(OCC(=O)Nc2c(Br)cccc2Br)c1. The van der Waals surface area contributed by atoms with Gasteiger partial charge in [-0.1, -0.05) is 12.1 Å². The van der Waals surface area contributed by atoms with Gasteiger partial charge in [0.2, 0.25) is 0 Å². The fourth-order valence-corrected chi connectivity index (χ4v) is 2.74. The summed E-state index contributed by atoms with van der Waals surface area (Å²) in [5, 5.41) is 2.77. The molecule has 2 rings (SSSR count). The molecule has 0 atom stereocenters. The predicted octanol–water partition coefficient (Wildman–Crippen LogP) is 3.81. The van der Waals surface area contributed by atoms with Crippen LogP contribution in [0.3, 0.4) is 0 Å². The number of carbonyl (C=O) groups is 1. The molecule has 0 radical (unpaired) electrons. The first kappa shape index (κ1) is 14.9. The van der Waals surface area contributed by atoms with Crippen LogP contribution < -0.4 is 15.8 Å². The summed E-state index contributed by atoms with van der Waals surface area (Å²) in [5.41, 5.74) is 6.90. The van der Waals surface area contributed by atoms with Crippen molar-refractivity contribution in [3.63, 3.8) is 0 Å². The van der Waals surface area contributed by atoms with Crippen molar-refractivity contribution in [2.24, 2.45) is 0 Å². The number of ether oxygens (including phenoxy) is 1. The van der Waals surface area contributed by atoms with Gasteiger partial charge in [0.25, 0.3) is 5.91 Å². The van der Waals surface area contributed by atoms with Crippen LogP contribution in [-0.4, -0.2) is 12.5 Å². The van der Waals surface area contributed by atoms with Gasteiger partial charge in [0, 0.05) is 20.7 Å². The summed E-state index contributed by atoms with van der Waals surface area (Å²) >= 11 is 6.76. The summed E-state index contributed by atoms with van der Waals surface area (Å²) in [6, 6.07) is 12.5. The first-order valence-corrected chi connectivity index (χ1v) is 7.37. The fraction of sp³-hybridized carbons (Fsp3) is 0.0714. The third-order valence-corrected chi connectivity index (χ3v) is 3.78. The second kappa shape index (κ2) is 6.76. The third-order valence-electron chi connectivity index (χ3n) is 2.46. The summed E-state index contributed by atoms with van der Waals surface area (Å²) < 4.78 is 6.97. The minimum atomic E-state index is -0.250.